The molecule has 0 aliphatic carbocycles. The number of esters is 1. The Labute approximate surface area is 221 Å². The Bertz CT molecular complexity index is 1560. The van der Waals surface area contributed by atoms with Crippen LogP contribution < -0.4 is 11.2 Å². The summed E-state index contributed by atoms with van der Waals surface area (Å²) >= 11 is 0. The first-order valence-electron chi connectivity index (χ1n) is 13.4. The van der Waals surface area contributed by atoms with Crippen molar-refractivity contribution in [3.63, 3.8) is 0 Å². The molecule has 0 saturated carbocycles. The molecule has 0 bridgehead atoms. The molecule has 1 atom stereocenters. The van der Waals surface area contributed by atoms with Crippen molar-refractivity contribution in [3.05, 3.63) is 68.6 Å². The fraction of sp³-hybridized carbons (Fsp3) is 0.464. The number of imidazole rings is 1. The molecule has 0 aliphatic heterocycles. The van der Waals surface area contributed by atoms with E-state index in [0.29, 0.717) is 43.7 Å². The number of aryl methyl sites for hydroxylation is 2. The summed E-state index contributed by atoms with van der Waals surface area (Å²) in [6, 6.07) is 8.20. The number of rotatable bonds is 11. The van der Waals surface area contributed by atoms with Crippen LogP contribution in [0.4, 0.5) is 0 Å². The number of carbonyl (C=O) groups is 1. The van der Waals surface area contributed by atoms with Crippen LogP contribution in [0.25, 0.3) is 22.6 Å². The van der Waals surface area contributed by atoms with E-state index in [-0.39, 0.29) is 30.1 Å². The molecule has 0 spiro atoms. The first-order chi connectivity index (χ1) is 18.3. The molecule has 10 nitrogen and oxygen atoms in total. The highest BCUT2D eigenvalue weighted by Gasteiger charge is 2.28. The number of hydrogen-bond donors (Lipinski definition) is 0. The number of ether oxygens (including phenoxy) is 1. The Balaban J connectivity index is 1.94. The normalized spacial score (nSPS) is 12.2. The molecule has 4 rings (SSSR count). The molecule has 3 aromatic heterocycles. The molecule has 202 valence electrons. The molecule has 3 heterocycles. The van der Waals surface area contributed by atoms with Crippen molar-refractivity contribution in [2.45, 2.75) is 86.2 Å². The summed E-state index contributed by atoms with van der Waals surface area (Å²) in [5.74, 6) is 0.0829. The number of aromatic nitrogens is 6. The summed E-state index contributed by atoms with van der Waals surface area (Å²) in [6.07, 6.45) is 4.75. The van der Waals surface area contributed by atoms with Gasteiger partial charge < -0.3 is 4.74 Å². The smallest absolute Gasteiger partial charge is 0.332 e. The van der Waals surface area contributed by atoms with E-state index >= 15 is 0 Å². The average Bonchev–Trinajstić information content (AvgIpc) is 3.50. The molecule has 4 aromatic rings. The van der Waals surface area contributed by atoms with Crippen LogP contribution in [-0.4, -0.2) is 34.4 Å². The minimum absolute atomic E-state index is 0.248. The van der Waals surface area contributed by atoms with E-state index in [2.05, 4.69) is 11.2 Å². The lowest BCUT2D eigenvalue weighted by Crippen LogP contribution is -2.40. The van der Waals surface area contributed by atoms with E-state index in [1.807, 2.05) is 59.0 Å². The Morgan fingerprint density at radius 3 is 2.53 bits per heavy atom. The Morgan fingerprint density at radius 1 is 1.08 bits per heavy atom. The number of nitrogens with zero attached hydrogens (tertiary/aromatic N) is 6. The maximum Gasteiger partial charge on any atom is 0.332 e. The van der Waals surface area contributed by atoms with Gasteiger partial charge in [0.05, 0.1) is 18.3 Å². The van der Waals surface area contributed by atoms with Gasteiger partial charge in [0.2, 0.25) is 0 Å². The average molecular weight is 521 g/mol. The second-order valence-corrected chi connectivity index (χ2v) is 9.48. The van der Waals surface area contributed by atoms with E-state index in [0.717, 1.165) is 11.1 Å². The monoisotopic (exact) mass is 520 g/mol. The van der Waals surface area contributed by atoms with Crippen molar-refractivity contribution >= 4 is 17.1 Å². The molecule has 0 fully saturated rings. The standard InChI is InChI=1S/C28H36N6O4/c1-6-11-23(35)38-22(8-3)34-24-26(32(9-4)28(37)33(14-7-2)27(24)36)30-25(34)21-16-29-31(18-21)17-20-13-10-12-19(5)15-20/h10,12-13,15-16,18,22H,6-9,11,14,17H2,1-5H3. The van der Waals surface area contributed by atoms with Crippen LogP contribution >= 0.6 is 0 Å². The number of fused-ring (bicyclic) bond motifs is 1. The van der Waals surface area contributed by atoms with Gasteiger partial charge in [0, 0.05) is 32.1 Å². The number of benzene rings is 1. The Kier molecular flexibility index (Phi) is 8.29. The predicted octanol–water partition coefficient (Wildman–Crippen LogP) is 4.26. The van der Waals surface area contributed by atoms with E-state index in [1.54, 1.807) is 15.4 Å². The van der Waals surface area contributed by atoms with Crippen LogP contribution in [0.1, 0.15) is 70.7 Å². The summed E-state index contributed by atoms with van der Waals surface area (Å²) in [5.41, 5.74) is 2.63. The molecule has 0 saturated heterocycles. The molecular formula is C28H36N6O4. The van der Waals surface area contributed by atoms with Crippen molar-refractivity contribution < 1.29 is 9.53 Å². The zero-order valence-corrected chi connectivity index (χ0v) is 22.8. The van der Waals surface area contributed by atoms with E-state index in [4.69, 9.17) is 9.72 Å². The molecule has 0 radical (unpaired) electrons. The second-order valence-electron chi connectivity index (χ2n) is 9.48. The van der Waals surface area contributed by atoms with Gasteiger partial charge in [-0.05, 0) is 32.3 Å². The maximum absolute atomic E-state index is 13.7. The third kappa shape index (κ3) is 5.20. The van der Waals surface area contributed by atoms with Gasteiger partial charge in [0.15, 0.2) is 17.4 Å². The van der Waals surface area contributed by atoms with Crippen molar-refractivity contribution in [2.75, 3.05) is 0 Å². The zero-order valence-electron chi connectivity index (χ0n) is 22.8. The van der Waals surface area contributed by atoms with E-state index in [1.165, 1.54) is 9.13 Å². The highest BCUT2D eigenvalue weighted by Crippen LogP contribution is 2.29. The fourth-order valence-electron chi connectivity index (χ4n) is 4.74. The highest BCUT2D eigenvalue weighted by atomic mass is 16.6. The predicted molar refractivity (Wildman–Crippen MR) is 146 cm³/mol. The van der Waals surface area contributed by atoms with Crippen molar-refractivity contribution in [1.29, 1.82) is 0 Å². The first kappa shape index (κ1) is 27.1. The third-order valence-corrected chi connectivity index (χ3v) is 6.50. The minimum atomic E-state index is -0.764. The fourth-order valence-corrected chi connectivity index (χ4v) is 4.74. The lowest BCUT2D eigenvalue weighted by Gasteiger charge is -2.20. The van der Waals surface area contributed by atoms with Gasteiger partial charge in [-0.2, -0.15) is 5.10 Å². The van der Waals surface area contributed by atoms with Crippen LogP contribution in [0.2, 0.25) is 0 Å². The molecule has 0 amide bonds. The molecular weight excluding hydrogens is 484 g/mol. The SMILES string of the molecule is CCCC(=O)OC(CC)n1c(-c2cnn(Cc3cccc(C)c3)c2)nc2c1c(=O)n(CCC)c(=O)n2CC. The van der Waals surface area contributed by atoms with E-state index in [9.17, 15) is 14.4 Å². The van der Waals surface area contributed by atoms with Gasteiger partial charge in [0.25, 0.3) is 5.56 Å². The first-order valence-corrected chi connectivity index (χ1v) is 13.4. The van der Waals surface area contributed by atoms with Gasteiger partial charge in [-0.3, -0.25) is 28.0 Å². The van der Waals surface area contributed by atoms with Crippen LogP contribution in [0.5, 0.6) is 0 Å². The molecule has 1 unspecified atom stereocenters. The summed E-state index contributed by atoms with van der Waals surface area (Å²) in [6.45, 7) is 10.8. The van der Waals surface area contributed by atoms with Gasteiger partial charge in [-0.1, -0.05) is 50.6 Å². The molecule has 0 aliphatic rings. The van der Waals surface area contributed by atoms with Gasteiger partial charge in [-0.15, -0.1) is 0 Å². The molecule has 0 N–H and O–H groups in total. The van der Waals surface area contributed by atoms with Crippen LogP contribution in [0.15, 0.2) is 46.2 Å². The summed E-state index contributed by atoms with van der Waals surface area (Å²) in [5, 5.41) is 4.54. The van der Waals surface area contributed by atoms with Crippen LogP contribution in [0.3, 0.4) is 0 Å². The summed E-state index contributed by atoms with van der Waals surface area (Å²) in [7, 11) is 0. The zero-order chi connectivity index (χ0) is 27.4. The Morgan fingerprint density at radius 2 is 1.87 bits per heavy atom. The van der Waals surface area contributed by atoms with Crippen LogP contribution in [0, 0.1) is 6.92 Å². The molecule has 38 heavy (non-hydrogen) atoms. The number of hydrogen-bond acceptors (Lipinski definition) is 6. The van der Waals surface area contributed by atoms with Gasteiger partial charge in [0.1, 0.15) is 5.82 Å². The topological polar surface area (TPSA) is 106 Å². The lowest BCUT2D eigenvalue weighted by molar-refractivity contribution is -0.153. The third-order valence-electron chi connectivity index (χ3n) is 6.50. The summed E-state index contributed by atoms with van der Waals surface area (Å²) in [4.78, 5) is 44.3. The second kappa shape index (κ2) is 11.6. The molecule has 1 aromatic carbocycles. The summed E-state index contributed by atoms with van der Waals surface area (Å²) < 4.78 is 12.1. The molecule has 10 heteroatoms. The van der Waals surface area contributed by atoms with Crippen LogP contribution in [-0.2, 0) is 29.2 Å². The Hall–Kier alpha value is -3.95. The highest BCUT2D eigenvalue weighted by molar-refractivity contribution is 5.77. The largest absolute Gasteiger partial charge is 0.441 e. The lowest BCUT2D eigenvalue weighted by atomic mass is 10.1. The van der Waals surface area contributed by atoms with Gasteiger partial charge >= 0.3 is 11.7 Å². The van der Waals surface area contributed by atoms with Gasteiger partial charge in [-0.25, -0.2) is 9.78 Å². The van der Waals surface area contributed by atoms with Crippen molar-refractivity contribution in [2.24, 2.45) is 0 Å². The van der Waals surface area contributed by atoms with Crippen molar-refractivity contribution in [3.8, 4) is 11.4 Å². The van der Waals surface area contributed by atoms with E-state index < -0.39 is 17.5 Å². The quantitative estimate of drug-likeness (QED) is 0.274. The minimum Gasteiger partial charge on any atom is -0.441 e. The van der Waals surface area contributed by atoms with Crippen molar-refractivity contribution in [1.82, 2.24) is 28.5 Å². The maximum atomic E-state index is 13.7. The number of carbonyl (C=O) groups excluding carboxylic acids is 1.